The Morgan fingerprint density at radius 3 is 2.19 bits per heavy atom. The lowest BCUT2D eigenvalue weighted by atomic mass is 9.98. The van der Waals surface area contributed by atoms with E-state index in [2.05, 4.69) is 61.5 Å². The number of piperazine rings is 1. The van der Waals surface area contributed by atoms with Crippen LogP contribution >= 0.6 is 0 Å². The summed E-state index contributed by atoms with van der Waals surface area (Å²) < 4.78 is 13.3. The zero-order valence-electron chi connectivity index (χ0n) is 29.4. The molecular weight excluding hydrogens is 660 g/mol. The molecule has 2 aliphatic rings. The molecule has 12 nitrogen and oxygen atoms in total. The van der Waals surface area contributed by atoms with Crippen molar-refractivity contribution in [2.45, 2.75) is 70.2 Å². The number of aliphatic hydroxyl groups excluding tert-OH is 1. The Balaban J connectivity index is 1.06. The number of anilines is 1. The van der Waals surface area contributed by atoms with Crippen LogP contribution in [0.2, 0.25) is 0 Å². The molecule has 6 rings (SSSR count). The molecule has 4 N–H and O–H groups in total. The molecule has 274 valence electrons. The third-order valence-corrected chi connectivity index (χ3v) is 9.65. The average molecular weight is 709 g/mol. The molecular formula is C40H48N6O6. The number of nitrogens with one attached hydrogen (secondary N) is 2. The molecule has 0 aliphatic carbocycles. The minimum Gasteiger partial charge on any atom is -0.392 e. The summed E-state index contributed by atoms with van der Waals surface area (Å²) in [5, 5.41) is 21.1. The molecule has 0 bridgehead atoms. The minimum atomic E-state index is -0.539. The van der Waals surface area contributed by atoms with Crippen molar-refractivity contribution in [2.24, 2.45) is 0 Å². The molecule has 2 fully saturated rings. The van der Waals surface area contributed by atoms with Gasteiger partial charge in [-0.15, -0.1) is 0 Å². The van der Waals surface area contributed by atoms with Gasteiger partial charge < -0.3 is 24.8 Å². The van der Waals surface area contributed by atoms with E-state index >= 15 is 0 Å². The number of ether oxygens (including phenoxy) is 2. The third-order valence-electron chi connectivity index (χ3n) is 9.65. The fourth-order valence-corrected chi connectivity index (χ4v) is 6.69. The van der Waals surface area contributed by atoms with E-state index in [4.69, 9.17) is 14.7 Å². The monoisotopic (exact) mass is 708 g/mol. The number of unbranched alkanes of at least 4 members (excludes halogenated alkanes) is 2. The Kier molecular flexibility index (Phi) is 13.3. The first kappa shape index (κ1) is 37.1. The van der Waals surface area contributed by atoms with Gasteiger partial charge in [0.15, 0.2) is 6.29 Å². The van der Waals surface area contributed by atoms with Gasteiger partial charge in [0.1, 0.15) is 0 Å². The van der Waals surface area contributed by atoms with Crippen molar-refractivity contribution in [3.8, 4) is 11.1 Å². The Hall–Kier alpha value is -4.72. The van der Waals surface area contributed by atoms with E-state index in [1.807, 2.05) is 42.5 Å². The fourth-order valence-electron chi connectivity index (χ4n) is 6.69. The van der Waals surface area contributed by atoms with Gasteiger partial charge in [-0.1, -0.05) is 73.2 Å². The lowest BCUT2D eigenvalue weighted by Gasteiger charge is -2.40. The standard InChI is InChI=1S/C40H48N6O6/c47-28-29-10-12-32(13-11-29)36-25-35(27-45-20-22-46(23-21-45)40-41-18-5-19-42-40)51-39(52-36)33-16-14-31(15-17-33)34-7-4-6-30(24-34)26-43-37(48)8-2-1-3-9-38(49)44-50/h4-7,10-19,24,35-36,39,47,50H,1-3,8-9,20-23,25-28H2,(H,43,48)(H,44,49). The largest absolute Gasteiger partial charge is 0.392 e. The molecule has 3 aromatic carbocycles. The predicted octanol–water partition coefficient (Wildman–Crippen LogP) is 5.08. The first-order chi connectivity index (χ1) is 25.5. The molecule has 3 heterocycles. The van der Waals surface area contributed by atoms with Crippen LogP contribution in [0, 0.1) is 0 Å². The quantitative estimate of drug-likeness (QED) is 0.0749. The number of benzene rings is 3. The summed E-state index contributed by atoms with van der Waals surface area (Å²) in [5.41, 5.74) is 7.60. The number of amides is 2. The van der Waals surface area contributed by atoms with Gasteiger partial charge >= 0.3 is 0 Å². The highest BCUT2D eigenvalue weighted by Crippen LogP contribution is 2.39. The highest BCUT2D eigenvalue weighted by atomic mass is 16.7. The maximum atomic E-state index is 12.4. The number of hydrogen-bond acceptors (Lipinski definition) is 10. The second kappa shape index (κ2) is 18.7. The summed E-state index contributed by atoms with van der Waals surface area (Å²) in [6.07, 6.45) is 6.24. The summed E-state index contributed by atoms with van der Waals surface area (Å²) in [4.78, 5) is 37.0. The first-order valence-corrected chi connectivity index (χ1v) is 18.1. The molecule has 2 amide bonds. The summed E-state index contributed by atoms with van der Waals surface area (Å²) in [6, 6.07) is 26.2. The predicted molar refractivity (Wildman–Crippen MR) is 196 cm³/mol. The van der Waals surface area contributed by atoms with Gasteiger partial charge in [-0.3, -0.25) is 19.7 Å². The number of aliphatic hydroxyl groups is 1. The molecule has 0 saturated carbocycles. The van der Waals surface area contributed by atoms with Crippen LogP contribution in [0.25, 0.3) is 11.1 Å². The van der Waals surface area contributed by atoms with Crippen molar-refractivity contribution < 1.29 is 29.4 Å². The molecule has 1 aromatic heterocycles. The number of carbonyl (C=O) groups excluding carboxylic acids is 2. The molecule has 3 atom stereocenters. The zero-order valence-corrected chi connectivity index (χ0v) is 29.4. The number of rotatable bonds is 15. The van der Waals surface area contributed by atoms with Crippen LogP contribution in [0.4, 0.5) is 5.95 Å². The SMILES string of the molecule is O=C(CCCCCC(=O)NCc1cccc(-c2ccc(C3OC(CN4CCN(c5ncccn5)CC4)CC(c4ccc(CO)cc4)O3)cc2)c1)NO. The van der Waals surface area contributed by atoms with Crippen LogP contribution in [0.15, 0.2) is 91.3 Å². The van der Waals surface area contributed by atoms with Gasteiger partial charge in [0.25, 0.3) is 0 Å². The van der Waals surface area contributed by atoms with Crippen LogP contribution < -0.4 is 15.7 Å². The van der Waals surface area contributed by atoms with E-state index in [1.165, 1.54) is 0 Å². The van der Waals surface area contributed by atoms with Crippen LogP contribution in [-0.4, -0.2) is 75.8 Å². The molecule has 0 spiro atoms. The fraction of sp³-hybridized carbons (Fsp3) is 0.400. The zero-order chi connectivity index (χ0) is 36.1. The molecule has 2 saturated heterocycles. The number of carbonyl (C=O) groups is 2. The summed E-state index contributed by atoms with van der Waals surface area (Å²) in [5.74, 6) is 0.333. The number of hydroxylamine groups is 1. The Morgan fingerprint density at radius 1 is 0.769 bits per heavy atom. The highest BCUT2D eigenvalue weighted by Gasteiger charge is 2.34. The normalized spacial score (nSPS) is 19.3. The van der Waals surface area contributed by atoms with Gasteiger partial charge in [-0.2, -0.15) is 0 Å². The van der Waals surface area contributed by atoms with Gasteiger partial charge in [-0.05, 0) is 52.8 Å². The van der Waals surface area contributed by atoms with Crippen LogP contribution in [0.5, 0.6) is 0 Å². The lowest BCUT2D eigenvalue weighted by molar-refractivity contribution is -0.253. The van der Waals surface area contributed by atoms with Gasteiger partial charge in [0, 0.05) is 76.5 Å². The van der Waals surface area contributed by atoms with E-state index < -0.39 is 12.2 Å². The smallest absolute Gasteiger partial charge is 0.243 e. The van der Waals surface area contributed by atoms with Crippen molar-refractivity contribution in [3.05, 3.63) is 114 Å². The second-order valence-corrected chi connectivity index (χ2v) is 13.4. The number of aromatic nitrogens is 2. The number of hydrogen-bond donors (Lipinski definition) is 4. The number of nitrogens with zero attached hydrogens (tertiary/aromatic N) is 4. The summed E-state index contributed by atoms with van der Waals surface area (Å²) >= 11 is 0. The highest BCUT2D eigenvalue weighted by molar-refractivity contribution is 5.76. The summed E-state index contributed by atoms with van der Waals surface area (Å²) in [6.45, 7) is 4.72. The van der Waals surface area contributed by atoms with Crippen molar-refractivity contribution in [2.75, 3.05) is 37.6 Å². The Morgan fingerprint density at radius 2 is 1.48 bits per heavy atom. The molecule has 4 aromatic rings. The maximum Gasteiger partial charge on any atom is 0.243 e. The van der Waals surface area contributed by atoms with E-state index in [9.17, 15) is 14.7 Å². The van der Waals surface area contributed by atoms with Crippen LogP contribution in [0.1, 0.15) is 73.2 Å². The second-order valence-electron chi connectivity index (χ2n) is 13.4. The molecule has 3 unspecified atom stereocenters. The lowest BCUT2D eigenvalue weighted by Crippen LogP contribution is -2.50. The Labute approximate surface area is 304 Å². The van der Waals surface area contributed by atoms with Crippen molar-refractivity contribution >= 4 is 17.8 Å². The molecule has 2 aliphatic heterocycles. The molecule has 0 radical (unpaired) electrons. The van der Waals surface area contributed by atoms with Crippen LogP contribution in [-0.2, 0) is 32.2 Å². The minimum absolute atomic E-state index is 0.000567. The van der Waals surface area contributed by atoms with Gasteiger partial charge in [0.05, 0.1) is 18.8 Å². The van der Waals surface area contributed by atoms with Crippen molar-refractivity contribution in [1.82, 2.24) is 25.7 Å². The van der Waals surface area contributed by atoms with E-state index in [-0.39, 0.29) is 31.1 Å². The van der Waals surface area contributed by atoms with Crippen molar-refractivity contribution in [1.29, 1.82) is 0 Å². The Bertz CT molecular complexity index is 1720. The first-order valence-electron chi connectivity index (χ1n) is 18.1. The van der Waals surface area contributed by atoms with Crippen molar-refractivity contribution in [3.63, 3.8) is 0 Å². The topological polar surface area (TPSA) is 149 Å². The molecule has 12 heteroatoms. The maximum absolute atomic E-state index is 12.4. The van der Waals surface area contributed by atoms with E-state index in [1.54, 1.807) is 17.9 Å². The van der Waals surface area contributed by atoms with E-state index in [0.29, 0.717) is 25.8 Å². The van der Waals surface area contributed by atoms with Gasteiger partial charge in [-0.25, -0.2) is 15.4 Å². The molecule has 52 heavy (non-hydrogen) atoms. The summed E-state index contributed by atoms with van der Waals surface area (Å²) in [7, 11) is 0. The van der Waals surface area contributed by atoms with Gasteiger partial charge in [0.2, 0.25) is 17.8 Å². The van der Waals surface area contributed by atoms with E-state index in [0.717, 1.165) is 84.9 Å². The average Bonchev–Trinajstić information content (AvgIpc) is 3.20. The van der Waals surface area contributed by atoms with Crippen LogP contribution in [0.3, 0.4) is 0 Å². The third kappa shape index (κ3) is 10.4.